The number of methoxy groups -OCH3 is 1. The summed E-state index contributed by atoms with van der Waals surface area (Å²) in [5, 5.41) is 2.49. The molecule has 8 nitrogen and oxygen atoms in total. The van der Waals surface area contributed by atoms with Gasteiger partial charge in [0.25, 0.3) is 11.8 Å². The second-order valence-corrected chi connectivity index (χ2v) is 7.11. The van der Waals surface area contributed by atoms with E-state index in [9.17, 15) is 19.2 Å². The normalized spacial score (nSPS) is 16.6. The van der Waals surface area contributed by atoms with Gasteiger partial charge in [-0.15, -0.1) is 0 Å². The number of hydrogen-bond acceptors (Lipinski definition) is 5. The van der Waals surface area contributed by atoms with E-state index in [-0.39, 0.29) is 30.7 Å². The lowest BCUT2D eigenvalue weighted by Crippen LogP contribution is -2.48. The van der Waals surface area contributed by atoms with Gasteiger partial charge >= 0.3 is 5.97 Å². The molecule has 8 heteroatoms. The third-order valence-corrected chi connectivity index (χ3v) is 5.34. The highest BCUT2D eigenvalue weighted by atomic mass is 16.5. The predicted molar refractivity (Wildman–Crippen MR) is 108 cm³/mol. The van der Waals surface area contributed by atoms with E-state index >= 15 is 0 Å². The first-order valence-corrected chi connectivity index (χ1v) is 9.69. The van der Waals surface area contributed by atoms with Crippen molar-refractivity contribution >= 4 is 29.4 Å². The van der Waals surface area contributed by atoms with E-state index in [1.54, 1.807) is 46.2 Å². The summed E-state index contributed by atoms with van der Waals surface area (Å²) in [5.74, 6) is -1.14. The first kappa shape index (κ1) is 19.6. The van der Waals surface area contributed by atoms with E-state index < -0.39 is 12.1 Å². The molecule has 2 aromatic rings. The molecule has 3 amide bonds. The van der Waals surface area contributed by atoms with Crippen LogP contribution in [0.1, 0.15) is 45.3 Å². The Balaban J connectivity index is 1.56. The molecule has 0 aromatic heterocycles. The summed E-state index contributed by atoms with van der Waals surface area (Å²) >= 11 is 0. The molecule has 1 N–H and O–H groups in total. The number of carbonyl (C=O) groups excluding carboxylic acids is 4. The molecule has 30 heavy (non-hydrogen) atoms. The van der Waals surface area contributed by atoms with Gasteiger partial charge in [-0.1, -0.05) is 30.3 Å². The summed E-state index contributed by atoms with van der Waals surface area (Å²) in [5.41, 5.74) is 2.42. The van der Waals surface area contributed by atoms with E-state index in [4.69, 9.17) is 0 Å². The number of para-hydroxylation sites is 1. The van der Waals surface area contributed by atoms with Crippen LogP contribution in [-0.4, -0.2) is 48.8 Å². The SMILES string of the molecule is COC(=O)CNC(=O)CCCN1C(=O)c2ccccc2N2C(=O)c3ccccc3[C@H]12. The second-order valence-electron chi connectivity index (χ2n) is 7.11. The van der Waals surface area contributed by atoms with Crippen molar-refractivity contribution in [1.29, 1.82) is 0 Å². The summed E-state index contributed by atoms with van der Waals surface area (Å²) in [6.45, 7) is 0.102. The molecule has 0 unspecified atom stereocenters. The van der Waals surface area contributed by atoms with E-state index in [0.29, 0.717) is 29.8 Å². The monoisotopic (exact) mass is 407 g/mol. The number of rotatable bonds is 6. The van der Waals surface area contributed by atoms with Crippen LogP contribution in [0.3, 0.4) is 0 Å². The van der Waals surface area contributed by atoms with E-state index in [1.807, 2.05) is 12.1 Å². The van der Waals surface area contributed by atoms with Crippen LogP contribution in [0.15, 0.2) is 48.5 Å². The molecule has 0 aliphatic carbocycles. The summed E-state index contributed by atoms with van der Waals surface area (Å²) in [7, 11) is 1.25. The van der Waals surface area contributed by atoms with Gasteiger partial charge in [0.2, 0.25) is 5.91 Å². The lowest BCUT2D eigenvalue weighted by molar-refractivity contribution is -0.141. The first-order chi connectivity index (χ1) is 14.5. The number of hydrogen-bond donors (Lipinski definition) is 1. The Kier molecular flexibility index (Phi) is 5.22. The molecule has 0 saturated carbocycles. The molecule has 0 bridgehead atoms. The third kappa shape index (κ3) is 3.30. The Bertz CT molecular complexity index is 1030. The van der Waals surface area contributed by atoms with Crippen LogP contribution in [-0.2, 0) is 14.3 Å². The number of nitrogens with zero attached hydrogens (tertiary/aromatic N) is 2. The molecule has 1 atom stereocenters. The topological polar surface area (TPSA) is 96.0 Å². The molecule has 0 spiro atoms. The third-order valence-electron chi connectivity index (χ3n) is 5.34. The van der Waals surface area contributed by atoms with Gasteiger partial charge in [-0.25, -0.2) is 0 Å². The van der Waals surface area contributed by atoms with Crippen LogP contribution in [0.4, 0.5) is 5.69 Å². The largest absolute Gasteiger partial charge is 0.468 e. The highest BCUT2D eigenvalue weighted by Crippen LogP contribution is 2.45. The highest BCUT2D eigenvalue weighted by Gasteiger charge is 2.47. The maximum absolute atomic E-state index is 13.2. The molecule has 154 valence electrons. The molecule has 2 aliphatic heterocycles. The lowest BCUT2D eigenvalue weighted by atomic mass is 10.0. The number of ether oxygens (including phenoxy) is 1. The molecular weight excluding hydrogens is 386 g/mol. The number of carbonyl (C=O) groups is 4. The van der Waals surface area contributed by atoms with Crippen molar-refractivity contribution in [3.8, 4) is 0 Å². The maximum Gasteiger partial charge on any atom is 0.325 e. The van der Waals surface area contributed by atoms with Gasteiger partial charge in [0.1, 0.15) is 12.7 Å². The summed E-state index contributed by atoms with van der Waals surface area (Å²) in [6, 6.07) is 14.3. The number of fused-ring (bicyclic) bond motifs is 5. The Morgan fingerprint density at radius 3 is 2.47 bits per heavy atom. The number of benzene rings is 2. The fraction of sp³-hybridized carbons (Fsp3) is 0.273. The van der Waals surface area contributed by atoms with Crippen molar-refractivity contribution < 1.29 is 23.9 Å². The zero-order valence-electron chi connectivity index (χ0n) is 16.5. The van der Waals surface area contributed by atoms with Crippen molar-refractivity contribution in [2.24, 2.45) is 0 Å². The van der Waals surface area contributed by atoms with Crippen molar-refractivity contribution in [3.05, 3.63) is 65.2 Å². The van der Waals surface area contributed by atoms with E-state index in [0.717, 1.165) is 5.56 Å². The maximum atomic E-state index is 13.2. The quantitative estimate of drug-likeness (QED) is 0.738. The van der Waals surface area contributed by atoms with Crippen LogP contribution in [0.2, 0.25) is 0 Å². The molecule has 0 fully saturated rings. The van der Waals surface area contributed by atoms with Crippen molar-refractivity contribution in [2.45, 2.75) is 19.0 Å². The number of nitrogens with one attached hydrogen (secondary N) is 1. The Labute approximate surface area is 173 Å². The lowest BCUT2D eigenvalue weighted by Gasteiger charge is -2.41. The van der Waals surface area contributed by atoms with Crippen LogP contribution in [0.25, 0.3) is 0 Å². The second kappa shape index (κ2) is 7.98. The van der Waals surface area contributed by atoms with E-state index in [1.165, 1.54) is 7.11 Å². The summed E-state index contributed by atoms with van der Waals surface area (Å²) in [6.07, 6.45) is 0.000952. The Hall–Kier alpha value is -3.68. The Morgan fingerprint density at radius 2 is 1.70 bits per heavy atom. The van der Waals surface area contributed by atoms with Crippen molar-refractivity contribution in [1.82, 2.24) is 10.2 Å². The van der Waals surface area contributed by atoms with Crippen LogP contribution in [0.5, 0.6) is 0 Å². The molecule has 0 saturated heterocycles. The number of amides is 3. The fourth-order valence-corrected chi connectivity index (χ4v) is 3.94. The summed E-state index contributed by atoms with van der Waals surface area (Å²) in [4.78, 5) is 52.7. The molecule has 2 aromatic carbocycles. The highest BCUT2D eigenvalue weighted by molar-refractivity contribution is 6.16. The minimum atomic E-state index is -0.533. The molecule has 4 rings (SSSR count). The minimum absolute atomic E-state index is 0.142. The molecular formula is C22H21N3O5. The van der Waals surface area contributed by atoms with Crippen molar-refractivity contribution in [3.63, 3.8) is 0 Å². The van der Waals surface area contributed by atoms with Gasteiger partial charge in [-0.2, -0.15) is 0 Å². The van der Waals surface area contributed by atoms with Gasteiger partial charge in [0.15, 0.2) is 0 Å². The smallest absolute Gasteiger partial charge is 0.325 e. The Morgan fingerprint density at radius 1 is 1.00 bits per heavy atom. The predicted octanol–water partition coefficient (Wildman–Crippen LogP) is 1.87. The van der Waals surface area contributed by atoms with Crippen LogP contribution in [0, 0.1) is 0 Å². The van der Waals surface area contributed by atoms with Gasteiger partial charge in [0, 0.05) is 24.1 Å². The standard InChI is InChI=1S/C22H21N3O5/c1-30-19(27)13-23-18(26)11-6-12-24-20-14-7-2-3-8-15(14)22(29)25(20)17-10-5-4-9-16(17)21(24)28/h2-5,7-10,20H,6,11-13H2,1H3,(H,23,26)/t20-/m1/s1. The average molecular weight is 407 g/mol. The van der Waals surface area contributed by atoms with Gasteiger partial charge < -0.3 is 15.0 Å². The summed E-state index contributed by atoms with van der Waals surface area (Å²) < 4.78 is 4.49. The molecule has 2 heterocycles. The minimum Gasteiger partial charge on any atom is -0.468 e. The zero-order chi connectivity index (χ0) is 21.3. The van der Waals surface area contributed by atoms with E-state index in [2.05, 4.69) is 10.1 Å². The first-order valence-electron chi connectivity index (χ1n) is 9.69. The zero-order valence-corrected chi connectivity index (χ0v) is 16.5. The van der Waals surface area contributed by atoms with Gasteiger partial charge in [0.05, 0.1) is 18.4 Å². The van der Waals surface area contributed by atoms with Crippen molar-refractivity contribution in [2.75, 3.05) is 25.1 Å². The van der Waals surface area contributed by atoms with Crippen LogP contribution >= 0.6 is 0 Å². The average Bonchev–Trinajstić information content (AvgIpc) is 3.07. The molecule has 2 aliphatic rings. The van der Waals surface area contributed by atoms with Crippen LogP contribution < -0.4 is 10.2 Å². The number of anilines is 1. The van der Waals surface area contributed by atoms with Gasteiger partial charge in [-0.3, -0.25) is 24.1 Å². The van der Waals surface area contributed by atoms with Gasteiger partial charge in [-0.05, 0) is 24.6 Å². The fourth-order valence-electron chi connectivity index (χ4n) is 3.94. The number of esters is 1. The molecule has 0 radical (unpaired) electrons.